The number of nitrogens with zero attached hydrogens (tertiary/aromatic N) is 4. The van der Waals surface area contributed by atoms with E-state index in [4.69, 9.17) is 10.5 Å². The molecular formula is C24H25N4. The van der Waals surface area contributed by atoms with Crippen molar-refractivity contribution in [2.75, 3.05) is 16.7 Å². The maximum absolute atomic E-state index is 4.87. The van der Waals surface area contributed by atoms with Crippen LogP contribution in [0.1, 0.15) is 37.3 Å². The summed E-state index contributed by atoms with van der Waals surface area (Å²) in [6.07, 6.45) is 1.12. The summed E-state index contributed by atoms with van der Waals surface area (Å²) in [5.74, 6) is 1.24. The lowest BCUT2D eigenvalue weighted by atomic mass is 9.98. The summed E-state index contributed by atoms with van der Waals surface area (Å²) in [7, 11) is 0. The van der Waals surface area contributed by atoms with Gasteiger partial charge in [0.15, 0.2) is 5.84 Å². The molecular weight excluding hydrogens is 344 g/mol. The first kappa shape index (κ1) is 18.1. The highest BCUT2D eigenvalue weighted by Crippen LogP contribution is 2.26. The van der Waals surface area contributed by atoms with Crippen LogP contribution in [0.15, 0.2) is 90.0 Å². The van der Waals surface area contributed by atoms with E-state index in [-0.39, 0.29) is 0 Å². The van der Waals surface area contributed by atoms with E-state index in [1.807, 2.05) is 58.5 Å². The van der Waals surface area contributed by atoms with E-state index in [0.717, 1.165) is 23.4 Å². The Kier molecular flexibility index (Phi) is 5.29. The second-order valence-electron chi connectivity index (χ2n) is 7.07. The fourth-order valence-corrected chi connectivity index (χ4v) is 3.25. The summed E-state index contributed by atoms with van der Waals surface area (Å²) in [5, 5.41) is 8.85. The molecule has 0 aromatic heterocycles. The van der Waals surface area contributed by atoms with Crippen LogP contribution < -0.4 is 15.4 Å². The quantitative estimate of drug-likeness (QED) is 0.606. The molecule has 1 unspecified atom stereocenters. The minimum absolute atomic E-state index is 0.525. The van der Waals surface area contributed by atoms with Gasteiger partial charge in [0.1, 0.15) is 6.67 Å². The van der Waals surface area contributed by atoms with Crippen LogP contribution >= 0.6 is 0 Å². The number of hydrazone groups is 1. The molecule has 0 aliphatic carbocycles. The van der Waals surface area contributed by atoms with Crippen LogP contribution in [0, 0.1) is 0 Å². The highest BCUT2D eigenvalue weighted by molar-refractivity contribution is 6.00. The molecule has 0 N–H and O–H groups in total. The predicted molar refractivity (Wildman–Crippen MR) is 117 cm³/mol. The molecule has 1 atom stereocenters. The molecule has 0 saturated heterocycles. The van der Waals surface area contributed by atoms with Gasteiger partial charge in [0.05, 0.1) is 11.4 Å². The first-order chi connectivity index (χ1) is 13.7. The summed E-state index contributed by atoms with van der Waals surface area (Å²) >= 11 is 0. The van der Waals surface area contributed by atoms with Crippen LogP contribution in [0.5, 0.6) is 0 Å². The van der Waals surface area contributed by atoms with Gasteiger partial charge in [-0.2, -0.15) is 0 Å². The second kappa shape index (κ2) is 8.17. The Hall–Kier alpha value is -3.27. The Morgan fingerprint density at radius 3 is 2.21 bits per heavy atom. The Morgan fingerprint density at radius 1 is 0.821 bits per heavy atom. The van der Waals surface area contributed by atoms with Gasteiger partial charge in [-0.3, -0.25) is 0 Å². The Labute approximate surface area is 167 Å². The van der Waals surface area contributed by atoms with Crippen molar-refractivity contribution in [3.8, 4) is 0 Å². The summed E-state index contributed by atoms with van der Waals surface area (Å²) in [5.41, 5.74) is 9.35. The standard InChI is InChI=1S/C24H25N4/c1-3-19(2)21-13-10-16-23(17-21)28-18-27(22-14-8-5-9-15-22)25-24(26-28)20-11-6-4-7-12-20/h4-17,19H,3,18H2,1-2H3. The fraction of sp³-hybridized carbons (Fsp3) is 0.208. The molecule has 0 fully saturated rings. The van der Waals surface area contributed by atoms with E-state index in [1.54, 1.807) is 0 Å². The number of hydrogen-bond acceptors (Lipinski definition) is 3. The van der Waals surface area contributed by atoms with Crippen LogP contribution in [0.4, 0.5) is 11.4 Å². The van der Waals surface area contributed by atoms with E-state index < -0.39 is 0 Å². The molecule has 0 spiro atoms. The van der Waals surface area contributed by atoms with E-state index in [1.165, 1.54) is 5.56 Å². The van der Waals surface area contributed by atoms with Crippen molar-refractivity contribution in [1.82, 2.24) is 5.43 Å². The lowest BCUT2D eigenvalue weighted by Gasteiger charge is -2.34. The van der Waals surface area contributed by atoms with E-state index in [0.29, 0.717) is 18.4 Å². The minimum Gasteiger partial charge on any atom is -0.242 e. The smallest absolute Gasteiger partial charge is 0.199 e. The van der Waals surface area contributed by atoms with Crippen molar-refractivity contribution in [3.05, 3.63) is 96.1 Å². The topological polar surface area (TPSA) is 32.9 Å². The van der Waals surface area contributed by atoms with Gasteiger partial charge in [-0.05, 0) is 42.2 Å². The minimum atomic E-state index is 0.525. The molecule has 4 heteroatoms. The van der Waals surface area contributed by atoms with Gasteiger partial charge < -0.3 is 0 Å². The molecule has 4 rings (SSSR count). The molecule has 141 valence electrons. The Balaban J connectivity index is 1.70. The Bertz CT molecular complexity index is 937. The Morgan fingerprint density at radius 2 is 1.50 bits per heavy atom. The molecule has 3 aromatic carbocycles. The van der Waals surface area contributed by atoms with Crippen LogP contribution in [0.25, 0.3) is 0 Å². The van der Waals surface area contributed by atoms with E-state index in [9.17, 15) is 0 Å². The SMILES string of the molecule is CCC(C)c1cccc(N2CN(c3ccccc3)N=C(c3ccccc3)[N]2)c1. The molecule has 0 saturated carbocycles. The van der Waals surface area contributed by atoms with Gasteiger partial charge in [0.2, 0.25) is 0 Å². The van der Waals surface area contributed by atoms with Crippen molar-refractivity contribution < 1.29 is 0 Å². The zero-order valence-corrected chi connectivity index (χ0v) is 16.4. The number of amidine groups is 1. The molecule has 28 heavy (non-hydrogen) atoms. The lowest BCUT2D eigenvalue weighted by Crippen LogP contribution is -2.48. The number of rotatable bonds is 5. The van der Waals surface area contributed by atoms with Crippen molar-refractivity contribution in [1.29, 1.82) is 0 Å². The van der Waals surface area contributed by atoms with Crippen molar-refractivity contribution in [2.24, 2.45) is 5.10 Å². The molecule has 0 bridgehead atoms. The highest BCUT2D eigenvalue weighted by Gasteiger charge is 2.23. The number of benzene rings is 3. The van der Waals surface area contributed by atoms with Crippen LogP contribution in [0.3, 0.4) is 0 Å². The average Bonchev–Trinajstić information content (AvgIpc) is 2.79. The third-order valence-corrected chi connectivity index (χ3v) is 5.13. The maximum Gasteiger partial charge on any atom is 0.199 e. The zero-order valence-electron chi connectivity index (χ0n) is 16.4. The van der Waals surface area contributed by atoms with Crippen LogP contribution in [-0.2, 0) is 0 Å². The van der Waals surface area contributed by atoms with Crippen LogP contribution in [-0.4, -0.2) is 12.5 Å². The van der Waals surface area contributed by atoms with Gasteiger partial charge in [0.25, 0.3) is 0 Å². The summed E-state index contributed by atoms with van der Waals surface area (Å²) in [6, 6.07) is 29.1. The molecule has 1 radical (unpaired) electrons. The molecule has 1 aliphatic heterocycles. The number of para-hydroxylation sites is 1. The average molecular weight is 369 g/mol. The molecule has 1 heterocycles. The summed E-state index contributed by atoms with van der Waals surface area (Å²) in [4.78, 5) is 0. The van der Waals surface area contributed by atoms with Gasteiger partial charge in [-0.25, -0.2) is 10.0 Å². The fourth-order valence-electron chi connectivity index (χ4n) is 3.25. The van der Waals surface area contributed by atoms with Gasteiger partial charge in [0, 0.05) is 5.56 Å². The molecule has 0 amide bonds. The number of hydrogen-bond donors (Lipinski definition) is 0. The molecule has 1 aliphatic rings. The predicted octanol–water partition coefficient (Wildman–Crippen LogP) is 5.37. The first-order valence-electron chi connectivity index (χ1n) is 9.80. The summed E-state index contributed by atoms with van der Waals surface area (Å²) < 4.78 is 0. The van der Waals surface area contributed by atoms with E-state index >= 15 is 0 Å². The zero-order chi connectivity index (χ0) is 19.3. The number of anilines is 2. The normalized spacial score (nSPS) is 15.0. The monoisotopic (exact) mass is 369 g/mol. The highest BCUT2D eigenvalue weighted by atomic mass is 15.7. The third kappa shape index (κ3) is 3.86. The van der Waals surface area contributed by atoms with Crippen molar-refractivity contribution in [2.45, 2.75) is 26.2 Å². The van der Waals surface area contributed by atoms with Gasteiger partial charge >= 0.3 is 0 Å². The van der Waals surface area contributed by atoms with Crippen molar-refractivity contribution in [3.63, 3.8) is 0 Å². The third-order valence-electron chi connectivity index (χ3n) is 5.13. The largest absolute Gasteiger partial charge is 0.242 e. The maximum atomic E-state index is 4.87. The van der Waals surface area contributed by atoms with Gasteiger partial charge in [-0.15, -0.1) is 10.5 Å². The lowest BCUT2D eigenvalue weighted by molar-refractivity contribution is 0.668. The molecule has 4 nitrogen and oxygen atoms in total. The van der Waals surface area contributed by atoms with Crippen LogP contribution in [0.2, 0.25) is 0 Å². The molecule has 3 aromatic rings. The first-order valence-corrected chi connectivity index (χ1v) is 9.80. The summed E-state index contributed by atoms with van der Waals surface area (Å²) in [6.45, 7) is 5.06. The second-order valence-corrected chi connectivity index (χ2v) is 7.07. The van der Waals surface area contributed by atoms with E-state index in [2.05, 4.69) is 50.2 Å². The van der Waals surface area contributed by atoms with Crippen molar-refractivity contribution >= 4 is 17.2 Å². The van der Waals surface area contributed by atoms with Gasteiger partial charge in [-0.1, -0.05) is 74.5 Å².